The van der Waals surface area contributed by atoms with Gasteiger partial charge in [-0.25, -0.2) is 0 Å². The van der Waals surface area contributed by atoms with Gasteiger partial charge in [-0.1, -0.05) is 15.9 Å². The smallest absolute Gasteiger partial charge is 0.142 e. The molecule has 112 valence electrons. The fourth-order valence-electron chi connectivity index (χ4n) is 1.96. The van der Waals surface area contributed by atoms with Crippen molar-refractivity contribution in [3.63, 3.8) is 0 Å². The molecule has 0 radical (unpaired) electrons. The third-order valence-electron chi connectivity index (χ3n) is 3.13. The molecule has 0 bridgehead atoms. The van der Waals surface area contributed by atoms with Crippen molar-refractivity contribution in [2.75, 3.05) is 26.6 Å². The van der Waals surface area contributed by atoms with Crippen LogP contribution in [0.25, 0.3) is 0 Å². The highest BCUT2D eigenvalue weighted by Crippen LogP contribution is 2.30. The van der Waals surface area contributed by atoms with E-state index in [0.29, 0.717) is 6.54 Å². The Morgan fingerprint density at radius 1 is 0.905 bits per heavy atom. The van der Waals surface area contributed by atoms with Crippen LogP contribution in [0.3, 0.4) is 0 Å². The predicted octanol–water partition coefficient (Wildman–Crippen LogP) is 4.09. The van der Waals surface area contributed by atoms with Crippen LogP contribution in [-0.2, 0) is 6.54 Å². The third-order valence-corrected chi connectivity index (χ3v) is 3.90. The van der Waals surface area contributed by atoms with Gasteiger partial charge in [0.15, 0.2) is 0 Å². The fourth-order valence-corrected chi connectivity index (χ4v) is 2.34. The number of methoxy groups -OCH3 is 3. The van der Waals surface area contributed by atoms with Crippen molar-refractivity contribution in [1.82, 2.24) is 0 Å². The van der Waals surface area contributed by atoms with Crippen LogP contribution in [0.4, 0.5) is 5.69 Å². The highest BCUT2D eigenvalue weighted by Gasteiger charge is 2.07. The second-order valence-electron chi connectivity index (χ2n) is 4.38. The average molecular weight is 352 g/mol. The molecule has 2 aromatic carbocycles. The first-order chi connectivity index (χ1) is 10.2. The maximum absolute atomic E-state index is 5.35. The molecule has 0 heterocycles. The topological polar surface area (TPSA) is 39.7 Å². The zero-order valence-electron chi connectivity index (χ0n) is 12.3. The van der Waals surface area contributed by atoms with Crippen LogP contribution >= 0.6 is 15.9 Å². The highest BCUT2D eigenvalue weighted by atomic mass is 79.9. The Balaban J connectivity index is 2.19. The van der Waals surface area contributed by atoms with E-state index in [9.17, 15) is 0 Å². The minimum atomic E-state index is 0.640. The summed E-state index contributed by atoms with van der Waals surface area (Å²) in [5.74, 6) is 2.38. The summed E-state index contributed by atoms with van der Waals surface area (Å²) in [7, 11) is 4.95. The van der Waals surface area contributed by atoms with Gasteiger partial charge in [-0.05, 0) is 35.9 Å². The maximum Gasteiger partial charge on any atom is 0.142 e. The Bertz CT molecular complexity index is 616. The van der Waals surface area contributed by atoms with Gasteiger partial charge in [0.25, 0.3) is 0 Å². The van der Waals surface area contributed by atoms with Gasteiger partial charge in [-0.15, -0.1) is 0 Å². The third kappa shape index (κ3) is 3.82. The molecule has 0 fully saturated rings. The van der Waals surface area contributed by atoms with E-state index in [1.807, 2.05) is 36.4 Å². The van der Waals surface area contributed by atoms with Crippen molar-refractivity contribution in [1.29, 1.82) is 0 Å². The molecule has 21 heavy (non-hydrogen) atoms. The molecular weight excluding hydrogens is 334 g/mol. The van der Waals surface area contributed by atoms with Crippen molar-refractivity contribution in [3.8, 4) is 17.2 Å². The minimum absolute atomic E-state index is 0.640. The van der Waals surface area contributed by atoms with Gasteiger partial charge in [0, 0.05) is 17.1 Å². The summed E-state index contributed by atoms with van der Waals surface area (Å²) >= 11 is 3.55. The Morgan fingerprint density at radius 3 is 2.24 bits per heavy atom. The minimum Gasteiger partial charge on any atom is -0.497 e. The van der Waals surface area contributed by atoms with E-state index in [1.165, 1.54) is 0 Å². The lowest BCUT2D eigenvalue weighted by atomic mass is 10.2. The fraction of sp³-hybridized carbons (Fsp3) is 0.250. The number of ether oxygens (including phenoxy) is 3. The second kappa shape index (κ2) is 7.22. The van der Waals surface area contributed by atoms with Gasteiger partial charge in [-0.3, -0.25) is 0 Å². The number of hydrogen-bond acceptors (Lipinski definition) is 4. The SMILES string of the molecule is COc1ccc(Br)c(CNc2cc(OC)ccc2OC)c1. The largest absolute Gasteiger partial charge is 0.497 e. The molecule has 0 aliphatic carbocycles. The highest BCUT2D eigenvalue weighted by molar-refractivity contribution is 9.10. The number of rotatable bonds is 6. The zero-order chi connectivity index (χ0) is 15.2. The van der Waals surface area contributed by atoms with Crippen LogP contribution in [0, 0.1) is 0 Å². The van der Waals surface area contributed by atoms with Gasteiger partial charge in [0.05, 0.1) is 27.0 Å². The van der Waals surface area contributed by atoms with Crippen LogP contribution < -0.4 is 19.5 Å². The molecule has 0 saturated heterocycles. The van der Waals surface area contributed by atoms with E-state index in [1.54, 1.807) is 21.3 Å². The van der Waals surface area contributed by atoms with E-state index in [0.717, 1.165) is 33.0 Å². The van der Waals surface area contributed by atoms with Crippen LogP contribution in [0.1, 0.15) is 5.56 Å². The number of hydrogen-bond donors (Lipinski definition) is 1. The Labute approximate surface area is 133 Å². The van der Waals surface area contributed by atoms with E-state index in [2.05, 4.69) is 21.2 Å². The van der Waals surface area contributed by atoms with Crippen LogP contribution in [0.2, 0.25) is 0 Å². The lowest BCUT2D eigenvalue weighted by molar-refractivity contribution is 0.404. The quantitative estimate of drug-likeness (QED) is 0.850. The standard InChI is InChI=1S/C16H18BrNO3/c1-19-12-4-6-14(17)11(8-12)10-18-15-9-13(20-2)5-7-16(15)21-3/h4-9,18H,10H2,1-3H3. The summed E-state index contributed by atoms with van der Waals surface area (Å²) in [5, 5.41) is 3.36. The van der Waals surface area contributed by atoms with Crippen LogP contribution in [0.15, 0.2) is 40.9 Å². The normalized spacial score (nSPS) is 10.1. The van der Waals surface area contributed by atoms with E-state index in [4.69, 9.17) is 14.2 Å². The van der Waals surface area contributed by atoms with Crippen molar-refractivity contribution in [3.05, 3.63) is 46.4 Å². The lowest BCUT2D eigenvalue weighted by Gasteiger charge is -2.14. The van der Waals surface area contributed by atoms with Gasteiger partial charge in [0.2, 0.25) is 0 Å². The van der Waals surface area contributed by atoms with E-state index >= 15 is 0 Å². The maximum atomic E-state index is 5.35. The zero-order valence-corrected chi connectivity index (χ0v) is 13.9. The first-order valence-corrected chi connectivity index (χ1v) is 7.25. The Hall–Kier alpha value is -1.88. The molecule has 4 nitrogen and oxygen atoms in total. The van der Waals surface area contributed by atoms with E-state index in [-0.39, 0.29) is 0 Å². The van der Waals surface area contributed by atoms with Gasteiger partial charge in [-0.2, -0.15) is 0 Å². The van der Waals surface area contributed by atoms with Gasteiger partial charge < -0.3 is 19.5 Å². The van der Waals surface area contributed by atoms with Gasteiger partial charge in [0.1, 0.15) is 17.2 Å². The lowest BCUT2D eigenvalue weighted by Crippen LogP contribution is -2.03. The summed E-state index contributed by atoms with van der Waals surface area (Å²) in [4.78, 5) is 0. The molecule has 5 heteroatoms. The molecule has 0 unspecified atom stereocenters. The summed E-state index contributed by atoms with van der Waals surface area (Å²) < 4.78 is 16.9. The summed E-state index contributed by atoms with van der Waals surface area (Å²) in [6.07, 6.45) is 0. The first kappa shape index (κ1) is 15.5. The first-order valence-electron chi connectivity index (χ1n) is 6.46. The van der Waals surface area contributed by atoms with Crippen molar-refractivity contribution in [2.45, 2.75) is 6.54 Å². The molecule has 0 saturated carbocycles. The number of nitrogens with one attached hydrogen (secondary N) is 1. The van der Waals surface area contributed by atoms with Crippen LogP contribution in [-0.4, -0.2) is 21.3 Å². The van der Waals surface area contributed by atoms with Crippen molar-refractivity contribution < 1.29 is 14.2 Å². The number of halogens is 1. The molecule has 0 amide bonds. The summed E-state index contributed by atoms with van der Waals surface area (Å²) in [5.41, 5.74) is 1.98. The molecule has 0 aromatic heterocycles. The summed E-state index contributed by atoms with van der Waals surface area (Å²) in [6, 6.07) is 11.5. The Kier molecular flexibility index (Phi) is 5.33. The molecule has 2 rings (SSSR count). The second-order valence-corrected chi connectivity index (χ2v) is 5.23. The Morgan fingerprint density at radius 2 is 1.57 bits per heavy atom. The van der Waals surface area contributed by atoms with Crippen molar-refractivity contribution in [2.24, 2.45) is 0 Å². The molecule has 0 aliphatic heterocycles. The molecule has 1 N–H and O–H groups in total. The molecule has 0 spiro atoms. The average Bonchev–Trinajstić information content (AvgIpc) is 2.53. The molecule has 0 atom stereocenters. The molecule has 0 aliphatic rings. The summed E-state index contributed by atoms with van der Waals surface area (Å²) in [6.45, 7) is 0.640. The monoisotopic (exact) mass is 351 g/mol. The number of benzene rings is 2. The molecule has 2 aromatic rings. The molecular formula is C16H18BrNO3. The van der Waals surface area contributed by atoms with Crippen molar-refractivity contribution >= 4 is 21.6 Å². The van der Waals surface area contributed by atoms with E-state index < -0.39 is 0 Å². The van der Waals surface area contributed by atoms with Crippen LogP contribution in [0.5, 0.6) is 17.2 Å². The predicted molar refractivity (Wildman–Crippen MR) is 87.6 cm³/mol. The van der Waals surface area contributed by atoms with Gasteiger partial charge >= 0.3 is 0 Å². The number of anilines is 1.